The van der Waals surface area contributed by atoms with Gasteiger partial charge in [-0.2, -0.15) is 5.10 Å². The van der Waals surface area contributed by atoms with Crippen molar-refractivity contribution in [1.29, 1.82) is 0 Å². The smallest absolute Gasteiger partial charge is 0.173 e. The standard InChI is InChI=1S/C21H23F2N3OS/c1-12-11-25-26(3)21(12)16-9-20(28-13(16)2)19(27)8-15(10-24)6-14-4-5-17(22)18(23)7-14/h4-5,7,9,11,15H,6,8,10,24H2,1-3H3/t15-/m1/s1. The van der Waals surface area contributed by atoms with Gasteiger partial charge in [0.1, 0.15) is 0 Å². The van der Waals surface area contributed by atoms with Gasteiger partial charge in [0.15, 0.2) is 17.4 Å². The molecule has 3 aromatic rings. The predicted octanol–water partition coefficient (Wildman–Crippen LogP) is 4.43. The van der Waals surface area contributed by atoms with Gasteiger partial charge in [-0.15, -0.1) is 11.3 Å². The number of ketones is 1. The fourth-order valence-corrected chi connectivity index (χ4v) is 4.36. The molecule has 0 fully saturated rings. The van der Waals surface area contributed by atoms with Gasteiger partial charge in [0.2, 0.25) is 0 Å². The third-order valence-electron chi connectivity index (χ3n) is 4.89. The lowest BCUT2D eigenvalue weighted by Crippen LogP contribution is -2.20. The van der Waals surface area contributed by atoms with E-state index in [4.69, 9.17) is 5.73 Å². The molecule has 0 bridgehead atoms. The fourth-order valence-electron chi connectivity index (χ4n) is 3.39. The molecule has 2 N–H and O–H groups in total. The number of rotatable bonds is 7. The number of nitrogens with two attached hydrogens (primary N) is 1. The zero-order valence-electron chi connectivity index (χ0n) is 16.1. The van der Waals surface area contributed by atoms with Crippen molar-refractivity contribution in [3.05, 3.63) is 63.0 Å². The number of carbonyl (C=O) groups is 1. The van der Waals surface area contributed by atoms with Gasteiger partial charge < -0.3 is 5.73 Å². The van der Waals surface area contributed by atoms with Crippen molar-refractivity contribution < 1.29 is 13.6 Å². The first kappa shape index (κ1) is 20.4. The van der Waals surface area contributed by atoms with E-state index in [1.807, 2.05) is 31.6 Å². The summed E-state index contributed by atoms with van der Waals surface area (Å²) in [5, 5.41) is 4.27. The molecule has 1 aromatic carbocycles. The van der Waals surface area contributed by atoms with Gasteiger partial charge >= 0.3 is 0 Å². The molecule has 0 aliphatic rings. The highest BCUT2D eigenvalue weighted by molar-refractivity contribution is 7.14. The lowest BCUT2D eigenvalue weighted by atomic mass is 9.93. The van der Waals surface area contributed by atoms with Crippen LogP contribution in [0.25, 0.3) is 11.3 Å². The van der Waals surface area contributed by atoms with Crippen LogP contribution in [0.2, 0.25) is 0 Å². The number of hydrogen-bond donors (Lipinski definition) is 1. The largest absolute Gasteiger partial charge is 0.330 e. The second kappa shape index (κ2) is 8.32. The molecule has 3 rings (SSSR count). The van der Waals surface area contributed by atoms with Crippen LogP contribution >= 0.6 is 11.3 Å². The van der Waals surface area contributed by atoms with Gasteiger partial charge in [-0.1, -0.05) is 6.07 Å². The SMILES string of the molecule is Cc1cnn(C)c1-c1cc(C(=O)C[C@H](CN)Cc2ccc(F)c(F)c2)sc1C. The highest BCUT2D eigenvalue weighted by atomic mass is 32.1. The first-order valence-corrected chi connectivity index (χ1v) is 9.88. The average Bonchev–Trinajstić information content (AvgIpc) is 3.19. The van der Waals surface area contributed by atoms with Gasteiger partial charge in [0.05, 0.1) is 16.8 Å². The van der Waals surface area contributed by atoms with Crippen LogP contribution in [-0.2, 0) is 13.5 Å². The zero-order chi connectivity index (χ0) is 20.4. The number of hydrogen-bond acceptors (Lipinski definition) is 4. The van der Waals surface area contributed by atoms with E-state index in [1.165, 1.54) is 23.5 Å². The molecule has 0 amide bonds. The second-order valence-electron chi connectivity index (χ2n) is 7.06. The summed E-state index contributed by atoms with van der Waals surface area (Å²) in [4.78, 5) is 14.6. The summed E-state index contributed by atoms with van der Waals surface area (Å²) in [5.74, 6) is -1.89. The first-order valence-electron chi connectivity index (χ1n) is 9.06. The molecule has 2 aromatic heterocycles. The fraction of sp³-hybridized carbons (Fsp3) is 0.333. The van der Waals surface area contributed by atoms with Crippen LogP contribution in [0.4, 0.5) is 8.78 Å². The maximum absolute atomic E-state index is 13.4. The lowest BCUT2D eigenvalue weighted by Gasteiger charge is -2.13. The van der Waals surface area contributed by atoms with E-state index in [1.54, 1.807) is 6.20 Å². The van der Waals surface area contributed by atoms with Crippen LogP contribution < -0.4 is 5.73 Å². The molecule has 0 aliphatic carbocycles. The Bertz CT molecular complexity index is 990. The highest BCUT2D eigenvalue weighted by Crippen LogP contribution is 2.33. The maximum atomic E-state index is 13.4. The van der Waals surface area contributed by atoms with E-state index >= 15 is 0 Å². The average molecular weight is 403 g/mol. The Kier molecular flexibility index (Phi) is 6.05. The number of Topliss-reactive ketones (excluding diaryl/α,β-unsaturated/α-hetero) is 1. The molecule has 7 heteroatoms. The highest BCUT2D eigenvalue weighted by Gasteiger charge is 2.20. The summed E-state index contributed by atoms with van der Waals surface area (Å²) < 4.78 is 28.3. The number of halogens is 2. The Balaban J connectivity index is 1.76. The van der Waals surface area contributed by atoms with Crippen LogP contribution in [-0.4, -0.2) is 22.1 Å². The topological polar surface area (TPSA) is 60.9 Å². The minimum absolute atomic E-state index is 0.0113. The molecule has 0 spiro atoms. The summed E-state index contributed by atoms with van der Waals surface area (Å²) in [5.41, 5.74) is 9.54. The Morgan fingerprint density at radius 3 is 2.61 bits per heavy atom. The van der Waals surface area contributed by atoms with Crippen molar-refractivity contribution in [3.63, 3.8) is 0 Å². The van der Waals surface area contributed by atoms with E-state index in [-0.39, 0.29) is 18.1 Å². The van der Waals surface area contributed by atoms with Crippen molar-refractivity contribution in [2.75, 3.05) is 6.54 Å². The molecule has 1 atom stereocenters. The zero-order valence-corrected chi connectivity index (χ0v) is 16.9. The van der Waals surface area contributed by atoms with E-state index < -0.39 is 11.6 Å². The number of thiophene rings is 1. The summed E-state index contributed by atoms with van der Waals surface area (Å²) in [6, 6.07) is 5.72. The first-order chi connectivity index (χ1) is 13.3. The quantitative estimate of drug-likeness (QED) is 0.594. The second-order valence-corrected chi connectivity index (χ2v) is 8.32. The molecular formula is C21H23F2N3OS. The molecule has 2 heterocycles. The van der Waals surface area contributed by atoms with Gasteiger partial charge in [0, 0.05) is 23.9 Å². The van der Waals surface area contributed by atoms with Gasteiger partial charge in [0.25, 0.3) is 0 Å². The van der Waals surface area contributed by atoms with Crippen LogP contribution in [0.5, 0.6) is 0 Å². The van der Waals surface area contributed by atoms with E-state index in [2.05, 4.69) is 5.10 Å². The van der Waals surface area contributed by atoms with Crippen LogP contribution in [0.15, 0.2) is 30.5 Å². The number of nitrogens with zero attached hydrogens (tertiary/aromatic N) is 2. The Morgan fingerprint density at radius 2 is 2.00 bits per heavy atom. The minimum Gasteiger partial charge on any atom is -0.330 e. The van der Waals surface area contributed by atoms with E-state index in [0.29, 0.717) is 23.4 Å². The van der Waals surface area contributed by atoms with Gasteiger partial charge in [-0.3, -0.25) is 9.48 Å². The molecule has 0 aliphatic heterocycles. The van der Waals surface area contributed by atoms with Crippen LogP contribution in [0, 0.1) is 31.4 Å². The van der Waals surface area contributed by atoms with Crippen molar-refractivity contribution in [2.24, 2.45) is 18.7 Å². The van der Waals surface area contributed by atoms with Crippen molar-refractivity contribution >= 4 is 17.1 Å². The molecule has 0 saturated heterocycles. The summed E-state index contributed by atoms with van der Waals surface area (Å²) in [6.45, 7) is 4.28. The van der Waals surface area contributed by atoms with E-state index in [9.17, 15) is 13.6 Å². The Labute approximate surface area is 167 Å². The number of aryl methyl sites for hydroxylation is 3. The number of aromatic nitrogens is 2. The monoisotopic (exact) mass is 403 g/mol. The van der Waals surface area contributed by atoms with E-state index in [0.717, 1.165) is 27.8 Å². The van der Waals surface area contributed by atoms with Gasteiger partial charge in [-0.25, -0.2) is 8.78 Å². The van der Waals surface area contributed by atoms with Crippen LogP contribution in [0.3, 0.4) is 0 Å². The normalized spacial score (nSPS) is 12.4. The summed E-state index contributed by atoms with van der Waals surface area (Å²) in [6.07, 6.45) is 2.50. The molecule has 148 valence electrons. The minimum atomic E-state index is -0.885. The third-order valence-corrected chi connectivity index (χ3v) is 5.98. The number of carbonyl (C=O) groups excluding carboxylic acids is 1. The molecule has 0 saturated carbocycles. The predicted molar refractivity (Wildman–Crippen MR) is 108 cm³/mol. The number of benzene rings is 1. The van der Waals surface area contributed by atoms with Crippen molar-refractivity contribution in [3.8, 4) is 11.3 Å². The third kappa shape index (κ3) is 4.20. The van der Waals surface area contributed by atoms with Crippen molar-refractivity contribution in [2.45, 2.75) is 26.7 Å². The van der Waals surface area contributed by atoms with Crippen molar-refractivity contribution in [1.82, 2.24) is 9.78 Å². The Hall–Kier alpha value is -2.38. The molecule has 4 nitrogen and oxygen atoms in total. The Morgan fingerprint density at radius 1 is 1.25 bits per heavy atom. The molecule has 28 heavy (non-hydrogen) atoms. The molecule has 0 radical (unpaired) electrons. The lowest BCUT2D eigenvalue weighted by molar-refractivity contribution is 0.0966. The van der Waals surface area contributed by atoms with Gasteiger partial charge in [-0.05, 0) is 62.1 Å². The molecule has 0 unspecified atom stereocenters. The van der Waals surface area contributed by atoms with Crippen LogP contribution in [0.1, 0.15) is 32.1 Å². The molecular weight excluding hydrogens is 380 g/mol. The summed E-state index contributed by atoms with van der Waals surface area (Å²) >= 11 is 1.46. The maximum Gasteiger partial charge on any atom is 0.173 e. The summed E-state index contributed by atoms with van der Waals surface area (Å²) in [7, 11) is 1.88.